The second-order valence-electron chi connectivity index (χ2n) is 4.01. The number of hydrazine groups is 1. The fourth-order valence-corrected chi connectivity index (χ4v) is 2.37. The van der Waals surface area contributed by atoms with Gasteiger partial charge >= 0.3 is 0 Å². The second kappa shape index (κ2) is 9.75. The van der Waals surface area contributed by atoms with Gasteiger partial charge < -0.3 is 0 Å². The molecule has 1 aromatic rings. The number of aromatic nitrogens is 1. The van der Waals surface area contributed by atoms with Crippen LogP contribution < -0.4 is 10.9 Å². The molecule has 6 heteroatoms. The molecule has 0 aliphatic rings. The number of rotatable bonds is 6. The van der Waals surface area contributed by atoms with E-state index in [1.54, 1.807) is 36.3 Å². The fraction of sp³-hybridized carbons (Fsp3) is 0.462. The summed E-state index contributed by atoms with van der Waals surface area (Å²) in [5, 5.41) is 0. The number of nitrogens with one attached hydrogen (secondary N) is 2. The number of nitrogens with zero attached hydrogens (tertiary/aromatic N) is 1. The molecule has 1 heterocycles. The summed E-state index contributed by atoms with van der Waals surface area (Å²) in [6.07, 6.45) is 8.04. The van der Waals surface area contributed by atoms with E-state index in [0.29, 0.717) is 9.88 Å². The zero-order chi connectivity index (χ0) is 13.9. The predicted molar refractivity (Wildman–Crippen MR) is 84.0 cm³/mol. The molecule has 0 saturated carbocycles. The molecule has 0 aromatic carbocycles. The molecular formula is C13H19N3OS2. The summed E-state index contributed by atoms with van der Waals surface area (Å²) < 4.78 is 0.596. The third kappa shape index (κ3) is 7.12. The summed E-state index contributed by atoms with van der Waals surface area (Å²) in [6, 6.07) is 3.30. The molecule has 0 radical (unpaired) electrons. The first kappa shape index (κ1) is 15.9. The molecule has 1 amide bonds. The minimum absolute atomic E-state index is 0.212. The first-order valence-corrected chi connectivity index (χ1v) is 7.76. The van der Waals surface area contributed by atoms with E-state index in [2.05, 4.69) is 22.8 Å². The molecule has 0 spiro atoms. The van der Waals surface area contributed by atoms with Crippen LogP contribution in [0.15, 0.2) is 24.5 Å². The minimum atomic E-state index is -0.212. The fourth-order valence-electron chi connectivity index (χ4n) is 1.41. The summed E-state index contributed by atoms with van der Waals surface area (Å²) in [4.78, 5) is 15.6. The molecule has 4 nitrogen and oxygen atoms in total. The maximum absolute atomic E-state index is 11.7. The summed E-state index contributed by atoms with van der Waals surface area (Å²) in [6.45, 7) is 2.19. The van der Waals surface area contributed by atoms with E-state index in [-0.39, 0.29) is 5.91 Å². The van der Waals surface area contributed by atoms with Crippen LogP contribution in [-0.4, -0.2) is 21.0 Å². The van der Waals surface area contributed by atoms with Crippen molar-refractivity contribution in [3.63, 3.8) is 0 Å². The van der Waals surface area contributed by atoms with Crippen LogP contribution in [0, 0.1) is 0 Å². The summed E-state index contributed by atoms with van der Waals surface area (Å²) in [5.74, 6) is 0.771. The van der Waals surface area contributed by atoms with E-state index >= 15 is 0 Å². The Morgan fingerprint density at radius 3 is 2.68 bits per heavy atom. The number of unbranched alkanes of at least 4 members (excludes halogenated alkanes) is 3. The van der Waals surface area contributed by atoms with Crippen molar-refractivity contribution in [1.29, 1.82) is 0 Å². The summed E-state index contributed by atoms with van der Waals surface area (Å²) in [5.41, 5.74) is 5.87. The van der Waals surface area contributed by atoms with Gasteiger partial charge in [-0.2, -0.15) is 0 Å². The average molecular weight is 297 g/mol. The van der Waals surface area contributed by atoms with Gasteiger partial charge in [0.2, 0.25) is 0 Å². The number of amides is 1. The topological polar surface area (TPSA) is 54.0 Å². The van der Waals surface area contributed by atoms with Gasteiger partial charge in [-0.15, -0.1) is 0 Å². The van der Waals surface area contributed by atoms with Crippen molar-refractivity contribution >= 4 is 34.2 Å². The van der Waals surface area contributed by atoms with Crippen LogP contribution >= 0.6 is 24.0 Å². The molecule has 1 aromatic heterocycles. The monoisotopic (exact) mass is 297 g/mol. The Hall–Kier alpha value is -1.14. The summed E-state index contributed by atoms with van der Waals surface area (Å²) in [7, 11) is 0. The molecule has 104 valence electrons. The van der Waals surface area contributed by atoms with E-state index in [1.165, 1.54) is 19.3 Å². The number of hydrogen-bond donors (Lipinski definition) is 2. The highest BCUT2D eigenvalue weighted by Gasteiger charge is 2.04. The molecule has 2 N–H and O–H groups in total. The van der Waals surface area contributed by atoms with Crippen molar-refractivity contribution in [2.75, 3.05) is 5.75 Å². The first-order chi connectivity index (χ1) is 9.24. The number of pyridine rings is 1. The minimum Gasteiger partial charge on any atom is -0.283 e. The van der Waals surface area contributed by atoms with Crippen molar-refractivity contribution in [3.05, 3.63) is 30.1 Å². The quantitative estimate of drug-likeness (QED) is 0.480. The van der Waals surface area contributed by atoms with Gasteiger partial charge in [-0.05, 0) is 18.6 Å². The maximum atomic E-state index is 11.7. The van der Waals surface area contributed by atoms with Gasteiger partial charge in [-0.1, -0.05) is 50.2 Å². The van der Waals surface area contributed by atoms with Crippen molar-refractivity contribution < 1.29 is 4.79 Å². The lowest BCUT2D eigenvalue weighted by atomic mass is 10.2. The van der Waals surface area contributed by atoms with Crippen molar-refractivity contribution in [1.82, 2.24) is 15.8 Å². The Morgan fingerprint density at radius 2 is 2.00 bits per heavy atom. The number of carbonyl (C=O) groups is 1. The van der Waals surface area contributed by atoms with Gasteiger partial charge in [0, 0.05) is 23.7 Å². The Labute approximate surface area is 123 Å². The Bertz CT molecular complexity index is 398. The van der Waals surface area contributed by atoms with Crippen LogP contribution in [0.2, 0.25) is 0 Å². The zero-order valence-corrected chi connectivity index (χ0v) is 12.6. The molecular weight excluding hydrogens is 278 g/mol. The van der Waals surface area contributed by atoms with Crippen molar-refractivity contribution in [2.24, 2.45) is 0 Å². The van der Waals surface area contributed by atoms with Crippen LogP contribution in [0.4, 0.5) is 0 Å². The van der Waals surface area contributed by atoms with E-state index in [0.717, 1.165) is 12.2 Å². The average Bonchev–Trinajstić information content (AvgIpc) is 2.45. The number of thioether (sulfide) groups is 1. The predicted octanol–water partition coefficient (Wildman–Crippen LogP) is 2.91. The van der Waals surface area contributed by atoms with Crippen molar-refractivity contribution in [2.45, 2.75) is 32.6 Å². The zero-order valence-electron chi connectivity index (χ0n) is 11.0. The second-order valence-corrected chi connectivity index (χ2v) is 5.78. The van der Waals surface area contributed by atoms with Gasteiger partial charge in [0.25, 0.3) is 5.91 Å². The Morgan fingerprint density at radius 1 is 1.26 bits per heavy atom. The van der Waals surface area contributed by atoms with E-state index in [1.807, 2.05) is 0 Å². The first-order valence-electron chi connectivity index (χ1n) is 6.37. The lowest BCUT2D eigenvalue weighted by Gasteiger charge is -2.08. The standard InChI is InChI=1S/C13H19N3OS2/c1-2-3-4-5-10-19-13(18)16-15-12(17)11-6-8-14-9-7-11/h6-9H,2-5,10H2,1H3,(H,15,17)(H,16,18). The molecule has 0 aliphatic heterocycles. The highest BCUT2D eigenvalue weighted by atomic mass is 32.2. The lowest BCUT2D eigenvalue weighted by Crippen LogP contribution is -2.39. The van der Waals surface area contributed by atoms with Gasteiger partial charge in [0.1, 0.15) is 0 Å². The molecule has 0 fully saturated rings. The van der Waals surface area contributed by atoms with E-state index in [4.69, 9.17) is 12.2 Å². The normalized spacial score (nSPS) is 9.95. The van der Waals surface area contributed by atoms with E-state index in [9.17, 15) is 4.79 Å². The Kier molecular flexibility index (Phi) is 8.16. The Balaban J connectivity index is 2.15. The SMILES string of the molecule is CCCCCCSC(=S)NNC(=O)c1ccncc1. The number of carbonyl (C=O) groups excluding carboxylic acids is 1. The van der Waals surface area contributed by atoms with Crippen molar-refractivity contribution in [3.8, 4) is 0 Å². The van der Waals surface area contributed by atoms with Gasteiger partial charge in [0.05, 0.1) is 0 Å². The highest BCUT2D eigenvalue weighted by Crippen LogP contribution is 2.08. The van der Waals surface area contributed by atoms with Crippen LogP contribution in [0.5, 0.6) is 0 Å². The lowest BCUT2D eigenvalue weighted by molar-refractivity contribution is 0.0944. The largest absolute Gasteiger partial charge is 0.283 e. The number of hydrogen-bond acceptors (Lipinski definition) is 4. The van der Waals surface area contributed by atoms with Crippen LogP contribution in [0.25, 0.3) is 0 Å². The molecule has 0 bridgehead atoms. The van der Waals surface area contributed by atoms with Gasteiger partial charge in [-0.3, -0.25) is 20.6 Å². The molecule has 1 rings (SSSR count). The summed E-state index contributed by atoms with van der Waals surface area (Å²) >= 11 is 6.68. The highest BCUT2D eigenvalue weighted by molar-refractivity contribution is 8.22. The van der Waals surface area contributed by atoms with E-state index < -0.39 is 0 Å². The maximum Gasteiger partial charge on any atom is 0.269 e. The van der Waals surface area contributed by atoms with Crippen LogP contribution in [0.3, 0.4) is 0 Å². The number of thiocarbonyl (C=S) groups is 1. The molecule has 0 saturated heterocycles. The smallest absolute Gasteiger partial charge is 0.269 e. The van der Waals surface area contributed by atoms with Gasteiger partial charge in [-0.25, -0.2) is 0 Å². The third-order valence-corrected chi connectivity index (χ3v) is 3.76. The molecule has 0 aliphatic carbocycles. The molecule has 19 heavy (non-hydrogen) atoms. The third-order valence-electron chi connectivity index (χ3n) is 2.45. The molecule has 0 atom stereocenters. The molecule has 0 unspecified atom stereocenters. The van der Waals surface area contributed by atoms with Crippen LogP contribution in [-0.2, 0) is 0 Å². The van der Waals surface area contributed by atoms with Gasteiger partial charge in [0.15, 0.2) is 4.32 Å². The van der Waals surface area contributed by atoms with Crippen LogP contribution in [0.1, 0.15) is 43.0 Å².